The van der Waals surface area contributed by atoms with Crippen LogP contribution >= 0.6 is 0 Å². The molecule has 30 heavy (non-hydrogen) atoms. The van der Waals surface area contributed by atoms with Crippen molar-refractivity contribution in [3.8, 4) is 6.07 Å². The molecule has 0 aromatic carbocycles. The molecule has 2 aliphatic carbocycles. The number of hydrogen-bond acceptors (Lipinski definition) is 5. The number of rotatable bonds is 8. The highest BCUT2D eigenvalue weighted by atomic mass is 19.4. The molecule has 0 bridgehead atoms. The summed E-state index contributed by atoms with van der Waals surface area (Å²) in [4.78, 5) is 24.0. The van der Waals surface area contributed by atoms with Crippen molar-refractivity contribution in [3.05, 3.63) is 11.4 Å². The van der Waals surface area contributed by atoms with Gasteiger partial charge < -0.3 is 16.4 Å². The van der Waals surface area contributed by atoms with Crippen LogP contribution in [0.1, 0.15) is 51.4 Å². The molecule has 0 unspecified atom stereocenters. The second kappa shape index (κ2) is 8.71. The standard InChI is InChI=1S/C19H25F3N6O2/c20-19(21,22)8-10-25-13-3-5-18(6-4-13,7-9-23)28-11-14(15(24)29)16(27-28)26-17(30)12-1-2-12/h12-13,25H,1-8,10-11H2,(H2-,24,26,29,30)/p+1. The summed E-state index contributed by atoms with van der Waals surface area (Å²) < 4.78 is 38.7. The summed E-state index contributed by atoms with van der Waals surface area (Å²) in [5.74, 6) is -0.799. The zero-order valence-corrected chi connectivity index (χ0v) is 16.6. The highest BCUT2D eigenvalue weighted by Crippen LogP contribution is 2.37. The third-order valence-electron chi connectivity index (χ3n) is 6.02. The number of primary amides is 1. The molecule has 2 amide bonds. The molecule has 11 heteroatoms. The van der Waals surface area contributed by atoms with E-state index < -0.39 is 24.0 Å². The minimum absolute atomic E-state index is 0.0674. The number of nitriles is 1. The maximum absolute atomic E-state index is 12.4. The van der Waals surface area contributed by atoms with Crippen LogP contribution in [0, 0.1) is 17.2 Å². The average Bonchev–Trinajstić information content (AvgIpc) is 3.43. The van der Waals surface area contributed by atoms with Crippen molar-refractivity contribution in [2.75, 3.05) is 13.1 Å². The van der Waals surface area contributed by atoms with Crippen molar-refractivity contribution in [3.63, 3.8) is 0 Å². The van der Waals surface area contributed by atoms with Gasteiger partial charge in [0.25, 0.3) is 5.91 Å². The maximum atomic E-state index is 12.4. The van der Waals surface area contributed by atoms with Crippen LogP contribution in [0.3, 0.4) is 0 Å². The van der Waals surface area contributed by atoms with Crippen molar-refractivity contribution >= 4 is 11.8 Å². The van der Waals surface area contributed by atoms with E-state index in [9.17, 15) is 28.0 Å². The third-order valence-corrected chi connectivity index (χ3v) is 6.02. The number of nitrogens with one attached hydrogen (secondary N) is 2. The van der Waals surface area contributed by atoms with Gasteiger partial charge in [-0.15, -0.1) is 4.70 Å². The van der Waals surface area contributed by atoms with Gasteiger partial charge in [-0.25, -0.2) is 0 Å². The lowest BCUT2D eigenvalue weighted by atomic mass is 9.77. The van der Waals surface area contributed by atoms with Gasteiger partial charge in [-0.05, 0) is 25.7 Å². The Balaban J connectivity index is 1.67. The number of nitrogens with two attached hydrogens (primary N) is 1. The number of halogens is 3. The van der Waals surface area contributed by atoms with Gasteiger partial charge in [0, 0.05) is 36.5 Å². The highest BCUT2D eigenvalue weighted by molar-refractivity contribution is 5.94. The Kier molecular flexibility index (Phi) is 6.45. The van der Waals surface area contributed by atoms with Crippen LogP contribution in [-0.2, 0) is 9.59 Å². The lowest BCUT2D eigenvalue weighted by Gasteiger charge is -2.34. The summed E-state index contributed by atoms with van der Waals surface area (Å²) in [6.07, 6.45) is -1.09. The van der Waals surface area contributed by atoms with Gasteiger partial charge in [0.15, 0.2) is 0 Å². The summed E-state index contributed by atoms with van der Waals surface area (Å²) in [6.45, 7) is -0.0400. The Morgan fingerprint density at radius 3 is 2.47 bits per heavy atom. The number of carbonyl (C=O) groups is 2. The highest BCUT2D eigenvalue weighted by Gasteiger charge is 2.49. The van der Waals surface area contributed by atoms with Crippen LogP contribution in [0.2, 0.25) is 0 Å². The minimum atomic E-state index is -4.20. The van der Waals surface area contributed by atoms with E-state index >= 15 is 0 Å². The van der Waals surface area contributed by atoms with Crippen LogP contribution in [0.4, 0.5) is 13.2 Å². The van der Waals surface area contributed by atoms with E-state index in [0.29, 0.717) is 25.7 Å². The Morgan fingerprint density at radius 2 is 1.93 bits per heavy atom. The molecule has 0 saturated heterocycles. The summed E-state index contributed by atoms with van der Waals surface area (Å²) in [7, 11) is 0. The van der Waals surface area contributed by atoms with Crippen molar-refractivity contribution in [1.82, 2.24) is 10.6 Å². The maximum Gasteiger partial charge on any atom is 0.390 e. The first kappa shape index (κ1) is 22.2. The first-order valence-electron chi connectivity index (χ1n) is 10.1. The van der Waals surface area contributed by atoms with Gasteiger partial charge in [-0.1, -0.05) is 0 Å². The van der Waals surface area contributed by atoms with Gasteiger partial charge >= 0.3 is 6.18 Å². The summed E-state index contributed by atoms with van der Waals surface area (Å²) in [5, 5.41) is 19.4. The van der Waals surface area contributed by atoms with E-state index in [2.05, 4.69) is 21.8 Å². The van der Waals surface area contributed by atoms with Crippen molar-refractivity contribution in [2.24, 2.45) is 16.8 Å². The van der Waals surface area contributed by atoms with Gasteiger partial charge in [-0.3, -0.25) is 9.59 Å². The molecular formula is C19H26F3N6O2+. The molecule has 0 aromatic rings. The van der Waals surface area contributed by atoms with Crippen LogP contribution in [0.15, 0.2) is 16.5 Å². The van der Waals surface area contributed by atoms with Crippen molar-refractivity contribution in [1.29, 1.82) is 5.26 Å². The first-order valence-corrected chi connectivity index (χ1v) is 10.1. The van der Waals surface area contributed by atoms with E-state index in [0.717, 1.165) is 12.8 Å². The monoisotopic (exact) mass is 427 g/mol. The lowest BCUT2D eigenvalue weighted by molar-refractivity contribution is -0.657. The molecule has 1 heterocycles. The smallest absolute Gasteiger partial charge is 0.366 e. The summed E-state index contributed by atoms with van der Waals surface area (Å²) in [5.41, 5.74) is 5.03. The Hall–Kier alpha value is -2.48. The van der Waals surface area contributed by atoms with E-state index in [4.69, 9.17) is 5.73 Å². The van der Waals surface area contributed by atoms with Crippen molar-refractivity contribution in [2.45, 2.75) is 69.1 Å². The fourth-order valence-electron chi connectivity index (χ4n) is 4.02. The van der Waals surface area contributed by atoms with Crippen LogP contribution in [-0.4, -0.2) is 47.4 Å². The Morgan fingerprint density at radius 1 is 1.27 bits per heavy atom. The van der Waals surface area contributed by atoms with Gasteiger partial charge in [0.1, 0.15) is 12.0 Å². The van der Waals surface area contributed by atoms with Gasteiger partial charge in [-0.2, -0.15) is 18.4 Å². The molecular weight excluding hydrogens is 401 g/mol. The zero-order valence-electron chi connectivity index (χ0n) is 16.6. The molecule has 0 spiro atoms. The Labute approximate surface area is 172 Å². The number of hydrogen-bond donors (Lipinski definition) is 3. The normalized spacial score (nSPS) is 26.9. The van der Waals surface area contributed by atoms with E-state index in [1.54, 1.807) is 4.70 Å². The molecule has 4 N–H and O–H groups in total. The molecule has 164 valence electrons. The van der Waals surface area contributed by atoms with Crippen LogP contribution in [0.5, 0.6) is 0 Å². The predicted molar refractivity (Wildman–Crippen MR) is 98.5 cm³/mol. The molecule has 0 radical (unpaired) electrons. The molecule has 0 atom stereocenters. The van der Waals surface area contributed by atoms with Crippen LogP contribution in [0.25, 0.3) is 0 Å². The number of carbonyl (C=O) groups excluding carboxylic acids is 2. The largest absolute Gasteiger partial charge is 0.390 e. The number of azo groups is 2. The molecule has 3 aliphatic rings. The Bertz CT molecular complexity index is 802. The zero-order chi connectivity index (χ0) is 21.9. The molecule has 2 saturated carbocycles. The van der Waals surface area contributed by atoms with Gasteiger partial charge in [0.05, 0.1) is 12.5 Å². The van der Waals surface area contributed by atoms with E-state index in [-0.39, 0.29) is 48.8 Å². The number of amides is 2. The summed E-state index contributed by atoms with van der Waals surface area (Å²) >= 11 is 0. The average molecular weight is 427 g/mol. The van der Waals surface area contributed by atoms with E-state index in [1.165, 1.54) is 0 Å². The minimum Gasteiger partial charge on any atom is -0.366 e. The third kappa shape index (κ3) is 5.36. The lowest BCUT2D eigenvalue weighted by Crippen LogP contribution is -2.48. The predicted octanol–water partition coefficient (Wildman–Crippen LogP) is 1.82. The quantitative estimate of drug-likeness (QED) is 0.511. The topological polar surface area (TPSA) is 123 Å². The number of nitrogens with zero attached hydrogens (tertiary/aromatic N) is 3. The molecule has 3 rings (SSSR count). The van der Waals surface area contributed by atoms with E-state index in [1.807, 2.05) is 0 Å². The second-order valence-electron chi connectivity index (χ2n) is 8.27. The number of alkyl halides is 3. The molecule has 1 aliphatic heterocycles. The second-order valence-corrected chi connectivity index (χ2v) is 8.27. The fourth-order valence-corrected chi connectivity index (χ4v) is 4.02. The fraction of sp³-hybridized carbons (Fsp3) is 0.737. The van der Waals surface area contributed by atoms with Crippen molar-refractivity contribution < 1.29 is 27.5 Å². The SMILES string of the molecule is N#CCC1([N+]2=NC(NC(=O)C3CC3)=C(C(N)=O)C2)CCC(NCCC(F)(F)F)CC1. The molecule has 0 aromatic heterocycles. The summed E-state index contributed by atoms with van der Waals surface area (Å²) in [6, 6.07) is 2.10. The van der Waals surface area contributed by atoms with Crippen LogP contribution < -0.4 is 16.4 Å². The van der Waals surface area contributed by atoms with Gasteiger partial charge in [0.2, 0.25) is 23.8 Å². The molecule has 8 nitrogen and oxygen atoms in total. The molecule has 2 fully saturated rings. The first-order chi connectivity index (χ1) is 14.1.